The van der Waals surface area contributed by atoms with Gasteiger partial charge in [0.25, 0.3) is 0 Å². The third-order valence-corrected chi connectivity index (χ3v) is 3.72. The first-order chi connectivity index (χ1) is 8.49. The minimum Gasteiger partial charge on any atom is -0.320 e. The summed E-state index contributed by atoms with van der Waals surface area (Å²) in [5.74, 6) is 0. The molecule has 1 unspecified atom stereocenters. The second-order valence-corrected chi connectivity index (χ2v) is 5.33. The van der Waals surface area contributed by atoms with Crippen molar-refractivity contribution in [3.63, 3.8) is 0 Å². The monoisotopic (exact) mass is 279 g/mol. The van der Waals surface area contributed by atoms with Crippen molar-refractivity contribution >= 4 is 23.2 Å². The Labute approximate surface area is 118 Å². The van der Waals surface area contributed by atoms with Gasteiger partial charge >= 0.3 is 0 Å². The van der Waals surface area contributed by atoms with Gasteiger partial charge in [-0.2, -0.15) is 0 Å². The maximum atomic E-state index is 6.27. The number of rotatable bonds is 2. The highest BCUT2D eigenvalue weighted by molar-refractivity contribution is 6.31. The molecule has 94 valence electrons. The van der Waals surface area contributed by atoms with Crippen LogP contribution in [0.2, 0.25) is 10.0 Å². The lowest BCUT2D eigenvalue weighted by Crippen LogP contribution is -2.12. The molecule has 2 aromatic rings. The Bertz CT molecular complexity index is 579. The van der Waals surface area contributed by atoms with Gasteiger partial charge in [-0.1, -0.05) is 41.4 Å². The van der Waals surface area contributed by atoms with Crippen LogP contribution in [0.4, 0.5) is 0 Å². The molecule has 0 aromatic heterocycles. The van der Waals surface area contributed by atoms with Gasteiger partial charge in [0, 0.05) is 10.0 Å². The van der Waals surface area contributed by atoms with Gasteiger partial charge in [0.05, 0.1) is 6.04 Å². The molecule has 1 nitrogen and oxygen atoms in total. The van der Waals surface area contributed by atoms with Gasteiger partial charge in [-0.3, -0.25) is 0 Å². The SMILES string of the molecule is Cc1cc(Cl)c(C(N)c2cccc(Cl)c2)cc1C. The fraction of sp³-hybridized carbons (Fsp3) is 0.200. The van der Waals surface area contributed by atoms with Crippen LogP contribution < -0.4 is 5.73 Å². The molecular formula is C15H15Cl2N. The van der Waals surface area contributed by atoms with Crippen LogP contribution in [0.25, 0.3) is 0 Å². The first-order valence-corrected chi connectivity index (χ1v) is 6.52. The average molecular weight is 280 g/mol. The van der Waals surface area contributed by atoms with Gasteiger partial charge in [0.1, 0.15) is 0 Å². The molecule has 0 amide bonds. The highest BCUT2D eigenvalue weighted by Crippen LogP contribution is 2.30. The fourth-order valence-electron chi connectivity index (χ4n) is 1.92. The van der Waals surface area contributed by atoms with Crippen LogP contribution in [0.5, 0.6) is 0 Å². The van der Waals surface area contributed by atoms with Crippen molar-refractivity contribution in [2.75, 3.05) is 0 Å². The van der Waals surface area contributed by atoms with Gasteiger partial charge in [-0.05, 0) is 54.3 Å². The normalized spacial score (nSPS) is 12.5. The molecule has 1 atom stereocenters. The molecule has 0 spiro atoms. The number of hydrogen-bond donors (Lipinski definition) is 1. The zero-order valence-corrected chi connectivity index (χ0v) is 11.9. The Morgan fingerprint density at radius 1 is 1.00 bits per heavy atom. The summed E-state index contributed by atoms with van der Waals surface area (Å²) in [6, 6.07) is 11.3. The van der Waals surface area contributed by atoms with Gasteiger partial charge in [0.2, 0.25) is 0 Å². The van der Waals surface area contributed by atoms with Crippen LogP contribution in [0.1, 0.15) is 28.3 Å². The van der Waals surface area contributed by atoms with E-state index in [0.717, 1.165) is 11.1 Å². The van der Waals surface area contributed by atoms with E-state index in [1.54, 1.807) is 0 Å². The summed E-state index contributed by atoms with van der Waals surface area (Å²) in [5.41, 5.74) is 10.5. The number of halogens is 2. The predicted molar refractivity (Wildman–Crippen MR) is 78.4 cm³/mol. The molecule has 0 aliphatic carbocycles. The van der Waals surface area contributed by atoms with E-state index in [1.807, 2.05) is 43.3 Å². The molecule has 0 saturated carbocycles. The van der Waals surface area contributed by atoms with Crippen LogP contribution in [0, 0.1) is 13.8 Å². The van der Waals surface area contributed by atoms with Crippen molar-refractivity contribution in [3.05, 3.63) is 68.7 Å². The predicted octanol–water partition coefficient (Wildman–Crippen LogP) is 4.66. The number of aryl methyl sites for hydroxylation is 2. The lowest BCUT2D eigenvalue weighted by atomic mass is 9.96. The minimum absolute atomic E-state index is 0.254. The molecule has 0 fully saturated rings. The van der Waals surface area contributed by atoms with Crippen molar-refractivity contribution < 1.29 is 0 Å². The van der Waals surface area contributed by atoms with Crippen LogP contribution in [0.15, 0.2) is 36.4 Å². The Hall–Kier alpha value is -1.02. The Morgan fingerprint density at radius 2 is 1.67 bits per heavy atom. The molecule has 0 radical (unpaired) electrons. The van der Waals surface area contributed by atoms with Crippen molar-refractivity contribution in [2.45, 2.75) is 19.9 Å². The largest absolute Gasteiger partial charge is 0.320 e. The van der Waals surface area contributed by atoms with E-state index in [2.05, 4.69) is 6.92 Å². The molecule has 0 saturated heterocycles. The van der Waals surface area contributed by atoms with Crippen LogP contribution in [-0.4, -0.2) is 0 Å². The average Bonchev–Trinajstić information content (AvgIpc) is 2.33. The summed E-state index contributed by atoms with van der Waals surface area (Å²) in [5, 5.41) is 1.38. The molecule has 0 aliphatic rings. The van der Waals surface area contributed by atoms with Crippen LogP contribution >= 0.6 is 23.2 Å². The summed E-state index contributed by atoms with van der Waals surface area (Å²) in [4.78, 5) is 0. The molecular weight excluding hydrogens is 265 g/mol. The van der Waals surface area contributed by atoms with Gasteiger partial charge < -0.3 is 5.73 Å². The second-order valence-electron chi connectivity index (χ2n) is 4.49. The van der Waals surface area contributed by atoms with Gasteiger partial charge in [0.15, 0.2) is 0 Å². The van der Waals surface area contributed by atoms with Crippen molar-refractivity contribution in [1.29, 1.82) is 0 Å². The zero-order chi connectivity index (χ0) is 13.3. The molecule has 2 rings (SSSR count). The van der Waals surface area contributed by atoms with Crippen molar-refractivity contribution in [2.24, 2.45) is 5.73 Å². The Morgan fingerprint density at radius 3 is 2.33 bits per heavy atom. The van der Waals surface area contributed by atoms with Crippen LogP contribution in [-0.2, 0) is 0 Å². The van der Waals surface area contributed by atoms with E-state index in [-0.39, 0.29) is 6.04 Å². The summed E-state index contributed by atoms with van der Waals surface area (Å²) in [6.45, 7) is 4.09. The summed E-state index contributed by atoms with van der Waals surface area (Å²) in [7, 11) is 0. The molecule has 0 heterocycles. The lowest BCUT2D eigenvalue weighted by molar-refractivity contribution is 0.869. The van der Waals surface area contributed by atoms with Crippen molar-refractivity contribution in [3.8, 4) is 0 Å². The first-order valence-electron chi connectivity index (χ1n) is 5.76. The summed E-state index contributed by atoms with van der Waals surface area (Å²) in [6.07, 6.45) is 0. The third-order valence-electron chi connectivity index (χ3n) is 3.16. The summed E-state index contributed by atoms with van der Waals surface area (Å²) < 4.78 is 0. The Kier molecular flexibility index (Phi) is 3.96. The van der Waals surface area contributed by atoms with E-state index in [1.165, 1.54) is 11.1 Å². The van der Waals surface area contributed by atoms with Crippen LogP contribution in [0.3, 0.4) is 0 Å². The second kappa shape index (κ2) is 5.31. The molecule has 0 bridgehead atoms. The molecule has 2 aromatic carbocycles. The molecule has 3 heteroatoms. The quantitative estimate of drug-likeness (QED) is 0.850. The van der Waals surface area contributed by atoms with E-state index >= 15 is 0 Å². The van der Waals surface area contributed by atoms with Crippen molar-refractivity contribution in [1.82, 2.24) is 0 Å². The minimum atomic E-state index is -0.254. The number of benzene rings is 2. The van der Waals surface area contributed by atoms with Gasteiger partial charge in [-0.15, -0.1) is 0 Å². The topological polar surface area (TPSA) is 26.0 Å². The van der Waals surface area contributed by atoms with E-state index in [0.29, 0.717) is 10.0 Å². The highest BCUT2D eigenvalue weighted by atomic mass is 35.5. The first kappa shape index (κ1) is 13.4. The third kappa shape index (κ3) is 2.69. The number of hydrogen-bond acceptors (Lipinski definition) is 1. The van der Waals surface area contributed by atoms with E-state index in [4.69, 9.17) is 28.9 Å². The molecule has 0 aliphatic heterocycles. The molecule has 2 N–H and O–H groups in total. The molecule has 18 heavy (non-hydrogen) atoms. The lowest BCUT2D eigenvalue weighted by Gasteiger charge is -2.16. The smallest absolute Gasteiger partial charge is 0.0567 e. The fourth-order valence-corrected chi connectivity index (χ4v) is 2.46. The highest BCUT2D eigenvalue weighted by Gasteiger charge is 2.14. The standard InChI is InChI=1S/C15H15Cl2N/c1-9-6-13(14(17)7-10(9)2)15(18)11-4-3-5-12(16)8-11/h3-8,15H,18H2,1-2H3. The maximum Gasteiger partial charge on any atom is 0.0567 e. The number of nitrogens with two attached hydrogens (primary N) is 1. The van der Waals surface area contributed by atoms with Gasteiger partial charge in [-0.25, -0.2) is 0 Å². The maximum absolute atomic E-state index is 6.27. The Balaban J connectivity index is 2.46. The summed E-state index contributed by atoms with van der Waals surface area (Å²) >= 11 is 12.3. The van der Waals surface area contributed by atoms with E-state index < -0.39 is 0 Å². The zero-order valence-electron chi connectivity index (χ0n) is 10.4. The van der Waals surface area contributed by atoms with E-state index in [9.17, 15) is 0 Å².